The second-order valence-electron chi connectivity index (χ2n) is 27.2. The molecule has 14 aromatic carbocycles. The van der Waals surface area contributed by atoms with Crippen molar-refractivity contribution in [3.63, 3.8) is 0 Å². The van der Waals surface area contributed by atoms with E-state index in [1.54, 1.807) is 0 Å². The van der Waals surface area contributed by atoms with Gasteiger partial charge in [-0.3, -0.25) is 0 Å². The van der Waals surface area contributed by atoms with Crippen molar-refractivity contribution in [3.8, 4) is 22.3 Å². The van der Waals surface area contributed by atoms with Gasteiger partial charge in [0, 0.05) is 78.5 Å². The first kappa shape index (κ1) is 57.9. The van der Waals surface area contributed by atoms with E-state index in [1.807, 2.05) is 0 Å². The molecule has 94 heavy (non-hydrogen) atoms. The summed E-state index contributed by atoms with van der Waals surface area (Å²) in [6.45, 7) is 15.4. The summed E-state index contributed by atoms with van der Waals surface area (Å²) in [5, 5.41) is 4.78. The minimum atomic E-state index is -0.914. The summed E-state index contributed by atoms with van der Waals surface area (Å²) in [5.74, 6) is 0. The maximum Gasteiger partial charge on any atom is 0.0543 e. The monoisotopic (exact) mass is 1210 g/mol. The highest BCUT2D eigenvalue weighted by atomic mass is 15.2. The quantitative estimate of drug-likeness (QED) is 0.114. The molecule has 2 atom stereocenters. The summed E-state index contributed by atoms with van der Waals surface area (Å²) >= 11 is 0. The molecule has 0 aliphatic heterocycles. The van der Waals surface area contributed by atoms with Crippen LogP contribution in [0.25, 0.3) is 43.8 Å². The molecular formula is C90H74N4. The summed E-state index contributed by atoms with van der Waals surface area (Å²) in [7, 11) is 0. The van der Waals surface area contributed by atoms with Gasteiger partial charge < -0.3 is 19.6 Å². The van der Waals surface area contributed by atoms with Crippen LogP contribution in [0.1, 0.15) is 63.8 Å². The first-order valence-electron chi connectivity index (χ1n) is 33.0. The summed E-state index contributed by atoms with van der Waals surface area (Å²) in [5.41, 5.74) is 20.3. The Hall–Kier alpha value is -11.2. The van der Waals surface area contributed by atoms with E-state index in [9.17, 15) is 0 Å². The molecule has 0 aromatic heterocycles. The van der Waals surface area contributed by atoms with Crippen molar-refractivity contribution in [2.75, 3.05) is 19.6 Å². The van der Waals surface area contributed by atoms with E-state index in [0.717, 1.165) is 68.2 Å². The molecule has 2 aliphatic carbocycles. The van der Waals surface area contributed by atoms with Crippen LogP contribution in [0.5, 0.6) is 0 Å². The van der Waals surface area contributed by atoms with E-state index >= 15 is 0 Å². The fourth-order valence-electron chi connectivity index (χ4n) is 16.9. The highest BCUT2D eigenvalue weighted by Crippen LogP contribution is 2.77. The molecule has 454 valence electrons. The van der Waals surface area contributed by atoms with E-state index in [-0.39, 0.29) is 0 Å². The Morgan fingerprint density at radius 3 is 0.670 bits per heavy atom. The topological polar surface area (TPSA) is 13.0 Å². The Labute approximate surface area is 553 Å². The molecule has 14 aromatic rings. The van der Waals surface area contributed by atoms with Gasteiger partial charge in [-0.15, -0.1) is 0 Å². The molecule has 0 amide bonds. The molecule has 0 spiro atoms. The van der Waals surface area contributed by atoms with Gasteiger partial charge in [0.2, 0.25) is 0 Å². The highest BCUT2D eigenvalue weighted by Gasteiger charge is 2.71. The van der Waals surface area contributed by atoms with Crippen LogP contribution in [-0.4, -0.2) is 0 Å². The molecule has 2 aliphatic rings. The van der Waals surface area contributed by atoms with Crippen molar-refractivity contribution < 1.29 is 0 Å². The van der Waals surface area contributed by atoms with Gasteiger partial charge >= 0.3 is 0 Å². The Kier molecular flexibility index (Phi) is 14.1. The lowest BCUT2D eigenvalue weighted by molar-refractivity contribution is 0.0595. The summed E-state index contributed by atoms with van der Waals surface area (Å²) < 4.78 is 0. The Bertz CT molecular complexity index is 4600. The average molecular weight is 1210 g/mol. The summed E-state index contributed by atoms with van der Waals surface area (Å²) in [6, 6.07) is 127. The van der Waals surface area contributed by atoms with Gasteiger partial charge in [0.25, 0.3) is 0 Å². The Morgan fingerprint density at radius 1 is 0.202 bits per heavy atom. The van der Waals surface area contributed by atoms with Gasteiger partial charge in [-0.05, 0) is 200 Å². The molecule has 0 radical (unpaired) electrons. The number of hydrogen-bond donors (Lipinski definition) is 0. The smallest absolute Gasteiger partial charge is 0.0543 e. The SMILES string of the molecule is CC(C)(C)C1(C2(C(C)(C)C)c3cc(N(c4ccccc4)c4ccccc4)ccc3-c3c2cc(N(c2ccccc2)c2ccccc2)c2ccccc32)c2cc(N(c3ccccc3)c3ccccc3)ccc2-c2c1cc(N(c1ccccc1)c1ccccc1)c1ccccc21. The van der Waals surface area contributed by atoms with Crippen LogP contribution in [0.15, 0.2) is 340 Å². The van der Waals surface area contributed by atoms with E-state index in [2.05, 4.69) is 401 Å². The Balaban J connectivity index is 1.14. The molecule has 0 fully saturated rings. The Morgan fingerprint density at radius 2 is 0.426 bits per heavy atom. The molecule has 0 N–H and O–H groups in total. The zero-order chi connectivity index (χ0) is 63.8. The van der Waals surface area contributed by atoms with Crippen LogP contribution in [0.3, 0.4) is 0 Å². The second-order valence-corrected chi connectivity index (χ2v) is 27.2. The largest absolute Gasteiger partial charge is 0.310 e. The van der Waals surface area contributed by atoms with Crippen LogP contribution >= 0.6 is 0 Å². The maximum absolute atomic E-state index is 2.66. The molecule has 0 bridgehead atoms. The van der Waals surface area contributed by atoms with Crippen LogP contribution in [-0.2, 0) is 10.8 Å². The van der Waals surface area contributed by atoms with E-state index in [0.29, 0.717) is 0 Å². The number of nitrogens with zero attached hydrogens (tertiary/aromatic N) is 4. The second kappa shape index (κ2) is 22.9. The third-order valence-corrected chi connectivity index (χ3v) is 20.1. The van der Waals surface area contributed by atoms with Crippen LogP contribution < -0.4 is 19.6 Å². The van der Waals surface area contributed by atoms with Gasteiger partial charge in [0.15, 0.2) is 0 Å². The van der Waals surface area contributed by atoms with Gasteiger partial charge in [-0.2, -0.15) is 0 Å². The van der Waals surface area contributed by atoms with Crippen LogP contribution in [0.4, 0.5) is 68.2 Å². The van der Waals surface area contributed by atoms with E-state index < -0.39 is 21.7 Å². The van der Waals surface area contributed by atoms with Crippen LogP contribution in [0.2, 0.25) is 0 Å². The van der Waals surface area contributed by atoms with Crippen molar-refractivity contribution in [3.05, 3.63) is 362 Å². The fraction of sp³-hybridized carbons (Fsp3) is 0.111. The molecule has 2 unspecified atom stereocenters. The lowest BCUT2D eigenvalue weighted by atomic mass is 9.39. The van der Waals surface area contributed by atoms with Gasteiger partial charge in [0.1, 0.15) is 0 Å². The lowest BCUT2D eigenvalue weighted by Gasteiger charge is -2.62. The molecule has 4 heteroatoms. The van der Waals surface area contributed by atoms with Crippen molar-refractivity contribution >= 4 is 89.8 Å². The summed E-state index contributed by atoms with van der Waals surface area (Å²) in [6.07, 6.45) is 0. The van der Waals surface area contributed by atoms with Crippen molar-refractivity contribution in [2.24, 2.45) is 10.8 Å². The molecule has 0 heterocycles. The number of fused-ring (bicyclic) bond motifs is 10. The van der Waals surface area contributed by atoms with Crippen molar-refractivity contribution in [1.29, 1.82) is 0 Å². The number of para-hydroxylation sites is 8. The van der Waals surface area contributed by atoms with Gasteiger partial charge in [0.05, 0.1) is 11.4 Å². The highest BCUT2D eigenvalue weighted by molar-refractivity contribution is 6.14. The number of hydrogen-bond acceptors (Lipinski definition) is 4. The van der Waals surface area contributed by atoms with Crippen molar-refractivity contribution in [1.82, 2.24) is 0 Å². The van der Waals surface area contributed by atoms with Crippen LogP contribution in [0, 0.1) is 10.8 Å². The normalized spacial score (nSPS) is 15.4. The zero-order valence-electron chi connectivity index (χ0n) is 54.1. The van der Waals surface area contributed by atoms with E-state index in [4.69, 9.17) is 0 Å². The van der Waals surface area contributed by atoms with Gasteiger partial charge in [-0.1, -0.05) is 248 Å². The predicted octanol–water partition coefficient (Wildman–Crippen LogP) is 25.2. The zero-order valence-corrected chi connectivity index (χ0v) is 54.1. The average Bonchev–Trinajstić information content (AvgIpc) is 1.44. The standard InChI is InChI=1S/C90H74N4/c1-87(2,3)89(79-59-71(91(63-35-15-7-16-36-63)64-37-17-8-18-38-64)55-57-77(79)85-75-53-33-31-51-73(75)83(61-81(85)89)93(67-43-23-11-24-44-67)68-45-25-12-26-46-68)90(88(4,5)6)80-60-72(92(65-39-19-9-20-40-65)66-41-21-10-22-42-66)56-58-78(80)86-76-54-34-32-52-74(76)84(62-82(86)90)94(69-47-27-13-28-48-69)70-49-29-14-30-50-70/h7-62H,1-6H3. The minimum absolute atomic E-state index is 0.578. The maximum atomic E-state index is 2.66. The molecular weight excluding hydrogens is 1140 g/mol. The lowest BCUT2D eigenvalue weighted by Crippen LogP contribution is -2.62. The summed E-state index contributed by atoms with van der Waals surface area (Å²) in [4.78, 5) is 9.95. The molecule has 16 rings (SSSR count). The minimum Gasteiger partial charge on any atom is -0.310 e. The first-order valence-corrected chi connectivity index (χ1v) is 33.0. The third kappa shape index (κ3) is 8.95. The number of benzene rings is 14. The number of anilines is 12. The molecule has 4 nitrogen and oxygen atoms in total. The first-order chi connectivity index (χ1) is 46.0. The third-order valence-electron chi connectivity index (χ3n) is 20.1. The van der Waals surface area contributed by atoms with Gasteiger partial charge in [-0.25, -0.2) is 0 Å². The van der Waals surface area contributed by atoms with Crippen molar-refractivity contribution in [2.45, 2.75) is 52.4 Å². The predicted molar refractivity (Wildman–Crippen MR) is 398 cm³/mol. The molecule has 0 saturated heterocycles. The molecule has 0 saturated carbocycles. The fourth-order valence-corrected chi connectivity index (χ4v) is 16.9. The number of rotatable bonds is 13. The van der Waals surface area contributed by atoms with E-state index in [1.165, 1.54) is 66.1 Å².